The van der Waals surface area contributed by atoms with Crippen LogP contribution in [-0.4, -0.2) is 44.4 Å². The molecule has 5 aromatic rings. The van der Waals surface area contributed by atoms with Crippen LogP contribution in [0.2, 0.25) is 0 Å². The molecule has 3 heterocycles. The fraction of sp³-hybridized carbons (Fsp3) is 0.324. The number of amides is 1. The van der Waals surface area contributed by atoms with Crippen LogP contribution in [0.3, 0.4) is 0 Å². The fourth-order valence-electron chi connectivity index (χ4n) is 5.72. The normalized spacial score (nSPS) is 15.2. The molecule has 1 amide bonds. The Morgan fingerprint density at radius 2 is 1.58 bits per heavy atom. The number of likely N-dealkylation sites (tertiary alicyclic amines) is 1. The minimum atomic E-state index is -0.515. The van der Waals surface area contributed by atoms with Crippen LogP contribution in [0.5, 0.6) is 11.8 Å². The summed E-state index contributed by atoms with van der Waals surface area (Å²) in [7, 11) is 1.96. The molecular weight excluding hydrogens is 564 g/mol. The summed E-state index contributed by atoms with van der Waals surface area (Å²) in [5.74, 6) is 1.18. The van der Waals surface area contributed by atoms with Gasteiger partial charge in [0, 0.05) is 37.5 Å². The molecule has 232 valence electrons. The molecule has 2 aromatic heterocycles. The minimum absolute atomic E-state index is 0.224. The second-order valence-corrected chi connectivity index (χ2v) is 12.6. The molecule has 1 saturated heterocycles. The van der Waals surface area contributed by atoms with E-state index in [0.717, 1.165) is 46.1 Å². The lowest BCUT2D eigenvalue weighted by Gasteiger charge is -2.34. The zero-order chi connectivity index (χ0) is 31.4. The highest BCUT2D eigenvalue weighted by Crippen LogP contribution is 2.37. The second-order valence-electron chi connectivity index (χ2n) is 12.6. The van der Waals surface area contributed by atoms with Crippen LogP contribution in [0, 0.1) is 0 Å². The minimum Gasteiger partial charge on any atom is -0.473 e. The van der Waals surface area contributed by atoms with Gasteiger partial charge < -0.3 is 19.1 Å². The third kappa shape index (κ3) is 7.28. The Kier molecular flexibility index (Phi) is 8.74. The Morgan fingerprint density at radius 3 is 2.27 bits per heavy atom. The summed E-state index contributed by atoms with van der Waals surface area (Å²) in [5, 5.41) is 5.94. The van der Waals surface area contributed by atoms with Crippen molar-refractivity contribution in [2.24, 2.45) is 7.05 Å². The molecule has 0 N–H and O–H groups in total. The molecule has 1 atom stereocenters. The number of carbonyl (C=O) groups excluding carboxylic acids is 1. The maximum Gasteiger partial charge on any atom is 0.410 e. The SMILES string of the molecule is Cn1nc(-c2ccc(OCc3ccccc3)nc2OCc2ccccc2)c2ccc(C3CCCN(C(=O)OC(C)(C)C)C3)cc21. The molecule has 1 fully saturated rings. The van der Waals surface area contributed by atoms with Crippen LogP contribution in [0.4, 0.5) is 4.79 Å². The Hall–Kier alpha value is -4.85. The zero-order valence-electron chi connectivity index (χ0n) is 26.4. The fourth-order valence-corrected chi connectivity index (χ4v) is 5.72. The number of rotatable bonds is 8. The van der Waals surface area contributed by atoms with Gasteiger partial charge in [-0.05, 0) is 62.4 Å². The quantitative estimate of drug-likeness (QED) is 0.179. The van der Waals surface area contributed by atoms with Crippen molar-refractivity contribution in [1.82, 2.24) is 19.7 Å². The number of carbonyl (C=O) groups is 1. The molecule has 3 aromatic carbocycles. The third-order valence-electron chi connectivity index (χ3n) is 7.96. The van der Waals surface area contributed by atoms with Gasteiger partial charge in [0.05, 0.1) is 11.1 Å². The van der Waals surface area contributed by atoms with Gasteiger partial charge in [0.1, 0.15) is 24.5 Å². The highest BCUT2D eigenvalue weighted by Gasteiger charge is 2.29. The van der Waals surface area contributed by atoms with Gasteiger partial charge in [0.25, 0.3) is 0 Å². The van der Waals surface area contributed by atoms with Crippen LogP contribution >= 0.6 is 0 Å². The number of nitrogens with zero attached hydrogens (tertiary/aromatic N) is 4. The molecule has 0 bridgehead atoms. The molecule has 0 radical (unpaired) electrons. The number of hydrogen-bond acceptors (Lipinski definition) is 6. The first-order valence-electron chi connectivity index (χ1n) is 15.5. The topological polar surface area (TPSA) is 78.7 Å². The molecule has 1 unspecified atom stereocenters. The van der Waals surface area contributed by atoms with Gasteiger partial charge in [-0.1, -0.05) is 72.8 Å². The summed E-state index contributed by atoms with van der Waals surface area (Å²) in [4.78, 5) is 19.4. The molecule has 8 heteroatoms. The van der Waals surface area contributed by atoms with E-state index in [0.29, 0.717) is 38.1 Å². The van der Waals surface area contributed by atoms with Crippen molar-refractivity contribution in [3.63, 3.8) is 0 Å². The van der Waals surface area contributed by atoms with E-state index in [1.807, 2.05) is 110 Å². The van der Waals surface area contributed by atoms with E-state index < -0.39 is 5.60 Å². The molecule has 45 heavy (non-hydrogen) atoms. The van der Waals surface area contributed by atoms with Gasteiger partial charge >= 0.3 is 6.09 Å². The summed E-state index contributed by atoms with van der Waals surface area (Å²) in [6, 6.07) is 30.4. The van der Waals surface area contributed by atoms with E-state index in [1.165, 1.54) is 5.56 Å². The van der Waals surface area contributed by atoms with Crippen LogP contribution in [0.15, 0.2) is 91.0 Å². The third-order valence-corrected chi connectivity index (χ3v) is 7.96. The van der Waals surface area contributed by atoms with E-state index in [9.17, 15) is 4.79 Å². The maximum absolute atomic E-state index is 12.8. The largest absolute Gasteiger partial charge is 0.473 e. The first-order valence-corrected chi connectivity index (χ1v) is 15.5. The van der Waals surface area contributed by atoms with Gasteiger partial charge in [-0.25, -0.2) is 4.79 Å². The van der Waals surface area contributed by atoms with Crippen LogP contribution in [-0.2, 0) is 25.0 Å². The zero-order valence-corrected chi connectivity index (χ0v) is 26.4. The number of fused-ring (bicyclic) bond motifs is 1. The smallest absolute Gasteiger partial charge is 0.410 e. The van der Waals surface area contributed by atoms with Crippen molar-refractivity contribution in [2.45, 2.75) is 58.3 Å². The standard InChI is InChI=1S/C37H40N4O4/c1-37(2,3)45-36(42)41-21-11-16-29(23-41)28-17-18-30-32(22-28)40(4)39-34(30)31-19-20-33(43-24-26-12-7-5-8-13-26)38-35(31)44-25-27-14-9-6-10-15-27/h5-10,12-15,17-20,22,29H,11,16,21,23-25H2,1-4H3. The van der Waals surface area contributed by atoms with Crippen LogP contribution in [0.1, 0.15) is 56.2 Å². The van der Waals surface area contributed by atoms with Gasteiger partial charge in [-0.2, -0.15) is 10.1 Å². The van der Waals surface area contributed by atoms with E-state index in [4.69, 9.17) is 24.3 Å². The van der Waals surface area contributed by atoms with Crippen molar-refractivity contribution in [2.75, 3.05) is 13.1 Å². The van der Waals surface area contributed by atoms with Crippen molar-refractivity contribution in [3.05, 3.63) is 108 Å². The first kappa shape index (κ1) is 30.2. The molecule has 1 aliphatic heterocycles. The number of piperidine rings is 1. The van der Waals surface area contributed by atoms with Crippen molar-refractivity contribution < 1.29 is 19.0 Å². The molecular formula is C37H40N4O4. The van der Waals surface area contributed by atoms with Crippen LogP contribution < -0.4 is 9.47 Å². The van der Waals surface area contributed by atoms with Crippen molar-refractivity contribution in [3.8, 4) is 23.0 Å². The maximum atomic E-state index is 12.8. The highest BCUT2D eigenvalue weighted by molar-refractivity contribution is 5.95. The summed E-state index contributed by atoms with van der Waals surface area (Å²) in [6.45, 7) is 7.84. The Balaban J connectivity index is 1.28. The van der Waals surface area contributed by atoms with Gasteiger partial charge in [-0.3, -0.25) is 4.68 Å². The van der Waals surface area contributed by atoms with Crippen LogP contribution in [0.25, 0.3) is 22.2 Å². The Morgan fingerprint density at radius 1 is 0.889 bits per heavy atom. The number of hydrogen-bond donors (Lipinski definition) is 0. The lowest BCUT2D eigenvalue weighted by atomic mass is 9.90. The molecule has 0 aliphatic carbocycles. The predicted octanol–water partition coefficient (Wildman–Crippen LogP) is 7.91. The second kappa shape index (κ2) is 13.0. The summed E-state index contributed by atoms with van der Waals surface area (Å²) in [5.41, 5.74) is 5.38. The van der Waals surface area contributed by atoms with Crippen molar-refractivity contribution >= 4 is 17.0 Å². The molecule has 1 aliphatic rings. The number of benzene rings is 3. The number of aryl methyl sites for hydroxylation is 1. The molecule has 6 rings (SSSR count). The number of pyridine rings is 1. The Bertz CT molecular complexity index is 1760. The average Bonchev–Trinajstić information content (AvgIpc) is 3.38. The van der Waals surface area contributed by atoms with E-state index in [1.54, 1.807) is 0 Å². The molecule has 8 nitrogen and oxygen atoms in total. The first-order chi connectivity index (χ1) is 21.7. The van der Waals surface area contributed by atoms with Gasteiger partial charge in [-0.15, -0.1) is 0 Å². The Labute approximate surface area is 264 Å². The van der Waals surface area contributed by atoms with E-state index in [-0.39, 0.29) is 12.0 Å². The highest BCUT2D eigenvalue weighted by atomic mass is 16.6. The molecule has 0 saturated carbocycles. The van der Waals surface area contributed by atoms with E-state index in [2.05, 4.69) is 18.2 Å². The number of ether oxygens (including phenoxy) is 3. The average molecular weight is 605 g/mol. The summed E-state index contributed by atoms with van der Waals surface area (Å²) >= 11 is 0. The van der Waals surface area contributed by atoms with Gasteiger partial charge in [0.2, 0.25) is 11.8 Å². The predicted molar refractivity (Wildman–Crippen MR) is 175 cm³/mol. The summed E-state index contributed by atoms with van der Waals surface area (Å²) in [6.07, 6.45) is 1.70. The van der Waals surface area contributed by atoms with Gasteiger partial charge in [0.15, 0.2) is 0 Å². The summed E-state index contributed by atoms with van der Waals surface area (Å²) < 4.78 is 19.9. The lowest BCUT2D eigenvalue weighted by molar-refractivity contribution is 0.0198. The van der Waals surface area contributed by atoms with Crippen molar-refractivity contribution in [1.29, 1.82) is 0 Å². The number of aromatic nitrogens is 3. The van der Waals surface area contributed by atoms with E-state index >= 15 is 0 Å². The molecule has 0 spiro atoms. The lowest BCUT2D eigenvalue weighted by Crippen LogP contribution is -2.42. The monoisotopic (exact) mass is 604 g/mol.